The van der Waals surface area contributed by atoms with Crippen LogP contribution < -0.4 is 5.32 Å². The Hall–Kier alpha value is -0.120. The Morgan fingerprint density at radius 2 is 1.85 bits per heavy atom. The highest BCUT2D eigenvalue weighted by Gasteiger charge is 2.29. The molecule has 1 rings (SSSR count). The van der Waals surface area contributed by atoms with Gasteiger partial charge in [-0.15, -0.1) is 0 Å². The maximum Gasteiger partial charge on any atom is 0.0600 e. The van der Waals surface area contributed by atoms with E-state index in [0.717, 1.165) is 32.2 Å². The number of rotatable bonds is 6. The topological polar surface area (TPSA) is 24.5 Å². The van der Waals surface area contributed by atoms with E-state index in [1.165, 1.54) is 6.42 Å². The maximum atomic E-state index is 5.92. The van der Waals surface area contributed by atoms with Gasteiger partial charge in [-0.3, -0.25) is 4.90 Å². The van der Waals surface area contributed by atoms with Gasteiger partial charge in [0.1, 0.15) is 0 Å². The first kappa shape index (κ1) is 17.9. The second-order valence-corrected chi connectivity index (χ2v) is 8.00. The van der Waals surface area contributed by atoms with Crippen molar-refractivity contribution in [2.75, 3.05) is 26.2 Å². The first-order valence-electron chi connectivity index (χ1n) is 8.30. The Kier molecular flexibility index (Phi) is 6.96. The summed E-state index contributed by atoms with van der Waals surface area (Å²) in [6.07, 6.45) is 1.27. The molecule has 0 aliphatic carbocycles. The van der Waals surface area contributed by atoms with Crippen LogP contribution in [0.4, 0.5) is 0 Å². The molecule has 0 spiro atoms. The van der Waals surface area contributed by atoms with Crippen molar-refractivity contribution in [2.45, 2.75) is 72.6 Å². The third kappa shape index (κ3) is 6.55. The van der Waals surface area contributed by atoms with Crippen LogP contribution in [0.5, 0.6) is 0 Å². The van der Waals surface area contributed by atoms with Crippen LogP contribution in [0.1, 0.15) is 54.9 Å². The normalized spacial score (nSPS) is 25.6. The van der Waals surface area contributed by atoms with Crippen LogP contribution in [0.2, 0.25) is 0 Å². The van der Waals surface area contributed by atoms with Gasteiger partial charge in [-0.2, -0.15) is 0 Å². The van der Waals surface area contributed by atoms with Gasteiger partial charge >= 0.3 is 0 Å². The molecule has 1 saturated heterocycles. The molecule has 120 valence electrons. The zero-order chi connectivity index (χ0) is 15.3. The van der Waals surface area contributed by atoms with Crippen LogP contribution in [-0.2, 0) is 4.74 Å². The van der Waals surface area contributed by atoms with E-state index >= 15 is 0 Å². The van der Waals surface area contributed by atoms with Crippen molar-refractivity contribution in [3.05, 3.63) is 0 Å². The summed E-state index contributed by atoms with van der Waals surface area (Å²) in [4.78, 5) is 2.65. The second-order valence-electron chi connectivity index (χ2n) is 8.00. The highest BCUT2D eigenvalue weighted by molar-refractivity contribution is 4.88. The van der Waals surface area contributed by atoms with Gasteiger partial charge in [-0.1, -0.05) is 27.7 Å². The second kappa shape index (κ2) is 7.77. The molecule has 3 nitrogen and oxygen atoms in total. The summed E-state index contributed by atoms with van der Waals surface area (Å²) in [6.45, 7) is 19.8. The SMILES string of the molecule is CC(C)CC1CNC(C(C)C)CN1CCOC(C)(C)C. The molecule has 20 heavy (non-hydrogen) atoms. The fraction of sp³-hybridized carbons (Fsp3) is 1.00. The lowest BCUT2D eigenvalue weighted by Gasteiger charge is -2.42. The molecule has 0 aromatic rings. The van der Waals surface area contributed by atoms with Gasteiger partial charge < -0.3 is 10.1 Å². The van der Waals surface area contributed by atoms with Crippen molar-refractivity contribution in [3.63, 3.8) is 0 Å². The van der Waals surface area contributed by atoms with Crippen molar-refractivity contribution < 1.29 is 4.74 Å². The molecule has 1 N–H and O–H groups in total. The zero-order valence-corrected chi connectivity index (χ0v) is 14.7. The van der Waals surface area contributed by atoms with Crippen molar-refractivity contribution in [2.24, 2.45) is 11.8 Å². The maximum absolute atomic E-state index is 5.92. The Morgan fingerprint density at radius 1 is 1.20 bits per heavy atom. The molecule has 1 heterocycles. The molecule has 0 radical (unpaired) electrons. The fourth-order valence-corrected chi connectivity index (χ4v) is 2.85. The highest BCUT2D eigenvalue weighted by atomic mass is 16.5. The van der Waals surface area contributed by atoms with Gasteiger partial charge in [-0.05, 0) is 39.0 Å². The van der Waals surface area contributed by atoms with Crippen LogP contribution >= 0.6 is 0 Å². The molecule has 0 saturated carbocycles. The van der Waals surface area contributed by atoms with E-state index in [0.29, 0.717) is 18.0 Å². The van der Waals surface area contributed by atoms with Crippen LogP contribution in [0.3, 0.4) is 0 Å². The number of hydrogen-bond acceptors (Lipinski definition) is 3. The van der Waals surface area contributed by atoms with Crippen molar-refractivity contribution in [1.29, 1.82) is 0 Å². The predicted octanol–water partition coefficient (Wildman–Crippen LogP) is 3.15. The highest BCUT2D eigenvalue weighted by Crippen LogP contribution is 2.18. The molecule has 0 amide bonds. The van der Waals surface area contributed by atoms with Crippen LogP contribution in [0.15, 0.2) is 0 Å². The van der Waals surface area contributed by atoms with Crippen LogP contribution in [0.25, 0.3) is 0 Å². The first-order chi connectivity index (χ1) is 9.19. The molecular formula is C17H36N2O. The van der Waals surface area contributed by atoms with E-state index in [9.17, 15) is 0 Å². The average Bonchev–Trinajstić information content (AvgIpc) is 2.28. The third-order valence-electron chi connectivity index (χ3n) is 4.03. The summed E-state index contributed by atoms with van der Waals surface area (Å²) in [6, 6.07) is 1.28. The summed E-state index contributed by atoms with van der Waals surface area (Å²) in [5.74, 6) is 1.45. The Balaban J connectivity index is 2.52. The predicted molar refractivity (Wildman–Crippen MR) is 87.1 cm³/mol. The van der Waals surface area contributed by atoms with Gasteiger partial charge in [-0.25, -0.2) is 0 Å². The summed E-state index contributed by atoms with van der Waals surface area (Å²) in [5.41, 5.74) is -0.0287. The summed E-state index contributed by atoms with van der Waals surface area (Å²) >= 11 is 0. The zero-order valence-electron chi connectivity index (χ0n) is 14.7. The van der Waals surface area contributed by atoms with Crippen LogP contribution in [-0.4, -0.2) is 48.8 Å². The number of piperazine rings is 1. The monoisotopic (exact) mass is 284 g/mol. The molecule has 2 unspecified atom stereocenters. The molecule has 0 bridgehead atoms. The Labute approximate surface area is 126 Å². The van der Waals surface area contributed by atoms with E-state index in [1.54, 1.807) is 0 Å². The van der Waals surface area contributed by atoms with Crippen molar-refractivity contribution >= 4 is 0 Å². The fourth-order valence-electron chi connectivity index (χ4n) is 2.85. The minimum absolute atomic E-state index is 0.0287. The molecule has 1 fully saturated rings. The van der Waals surface area contributed by atoms with Crippen LogP contribution in [0, 0.1) is 11.8 Å². The van der Waals surface area contributed by atoms with Crippen molar-refractivity contribution in [3.8, 4) is 0 Å². The van der Waals surface area contributed by atoms with Gasteiger partial charge in [0.15, 0.2) is 0 Å². The number of ether oxygens (including phenoxy) is 1. The van der Waals surface area contributed by atoms with Gasteiger partial charge in [0.05, 0.1) is 12.2 Å². The lowest BCUT2D eigenvalue weighted by Crippen LogP contribution is -2.59. The standard InChI is InChI=1S/C17H36N2O/c1-13(2)10-15-11-18-16(14(3)4)12-19(15)8-9-20-17(5,6)7/h13-16,18H,8-12H2,1-7H3. The first-order valence-corrected chi connectivity index (χ1v) is 8.30. The average molecular weight is 284 g/mol. The van der Waals surface area contributed by atoms with Crippen molar-refractivity contribution in [1.82, 2.24) is 10.2 Å². The number of nitrogens with one attached hydrogen (secondary N) is 1. The number of nitrogens with zero attached hydrogens (tertiary/aromatic N) is 1. The lowest BCUT2D eigenvalue weighted by atomic mass is 9.95. The Bertz CT molecular complexity index is 271. The number of hydrogen-bond donors (Lipinski definition) is 1. The molecule has 0 aromatic carbocycles. The van der Waals surface area contributed by atoms with E-state index in [2.05, 4.69) is 58.7 Å². The summed E-state index contributed by atoms with van der Waals surface area (Å²) in [7, 11) is 0. The molecule has 3 heteroatoms. The molecular weight excluding hydrogens is 248 g/mol. The third-order valence-corrected chi connectivity index (χ3v) is 4.03. The van der Waals surface area contributed by atoms with E-state index in [-0.39, 0.29) is 5.60 Å². The molecule has 0 aromatic heterocycles. The van der Waals surface area contributed by atoms with Gasteiger partial charge in [0.25, 0.3) is 0 Å². The smallest absolute Gasteiger partial charge is 0.0600 e. The molecule has 1 aliphatic heterocycles. The largest absolute Gasteiger partial charge is 0.375 e. The minimum atomic E-state index is -0.0287. The van der Waals surface area contributed by atoms with Gasteiger partial charge in [0.2, 0.25) is 0 Å². The van der Waals surface area contributed by atoms with E-state index in [4.69, 9.17) is 4.74 Å². The van der Waals surface area contributed by atoms with E-state index < -0.39 is 0 Å². The molecule has 1 aliphatic rings. The van der Waals surface area contributed by atoms with Gasteiger partial charge in [0, 0.05) is 31.7 Å². The Morgan fingerprint density at radius 3 is 2.35 bits per heavy atom. The lowest BCUT2D eigenvalue weighted by molar-refractivity contribution is -0.0249. The summed E-state index contributed by atoms with van der Waals surface area (Å²) < 4.78 is 5.92. The minimum Gasteiger partial charge on any atom is -0.375 e. The quantitative estimate of drug-likeness (QED) is 0.811. The van der Waals surface area contributed by atoms with E-state index in [1.807, 2.05) is 0 Å². The molecule has 2 atom stereocenters. The summed E-state index contributed by atoms with van der Waals surface area (Å²) in [5, 5.41) is 3.73.